The quantitative estimate of drug-likeness (QED) is 0.823. The molecule has 0 unspecified atom stereocenters. The fourth-order valence-corrected chi connectivity index (χ4v) is 4.47. The van der Waals surface area contributed by atoms with Crippen LogP contribution in [0.2, 0.25) is 0 Å². The minimum atomic E-state index is 0.0418. The molecule has 1 fully saturated rings. The Bertz CT molecular complexity index is 691. The summed E-state index contributed by atoms with van der Waals surface area (Å²) in [4.78, 5) is 18.0. The maximum Gasteiger partial charge on any atom is 0.248 e. The zero-order chi connectivity index (χ0) is 17.1. The molecule has 0 bridgehead atoms. The molecule has 2 aliphatic heterocycles. The Kier molecular flexibility index (Phi) is 5.20. The third-order valence-corrected chi connectivity index (χ3v) is 5.89. The van der Waals surface area contributed by atoms with Crippen molar-refractivity contribution < 1.29 is 9.53 Å². The summed E-state index contributed by atoms with van der Waals surface area (Å²) in [7, 11) is 0. The molecule has 6 heteroatoms. The molecular weight excluding hydrogens is 334 g/mol. The van der Waals surface area contributed by atoms with E-state index in [0.717, 1.165) is 52.1 Å². The predicted octanol–water partition coefficient (Wildman–Crippen LogP) is 2.57. The third kappa shape index (κ3) is 4.14. The first-order chi connectivity index (χ1) is 12.3. The maximum absolute atomic E-state index is 12.3. The van der Waals surface area contributed by atoms with E-state index in [2.05, 4.69) is 45.3 Å². The number of carbonyl (C=O) groups excluding carboxylic acids is 1. The van der Waals surface area contributed by atoms with Crippen LogP contribution in [-0.4, -0.2) is 52.6 Å². The van der Waals surface area contributed by atoms with Crippen molar-refractivity contribution in [3.63, 3.8) is 0 Å². The van der Waals surface area contributed by atoms with Gasteiger partial charge in [-0.2, -0.15) is 0 Å². The van der Waals surface area contributed by atoms with E-state index in [9.17, 15) is 4.79 Å². The van der Waals surface area contributed by atoms with E-state index < -0.39 is 0 Å². The van der Waals surface area contributed by atoms with Crippen molar-refractivity contribution in [2.45, 2.75) is 38.6 Å². The van der Waals surface area contributed by atoms with Gasteiger partial charge in [0, 0.05) is 56.0 Å². The first kappa shape index (κ1) is 16.8. The lowest BCUT2D eigenvalue weighted by molar-refractivity contribution is -0.137. The monoisotopic (exact) mass is 359 g/mol. The van der Waals surface area contributed by atoms with Crippen LogP contribution in [0, 0.1) is 0 Å². The van der Waals surface area contributed by atoms with Crippen molar-refractivity contribution in [3.05, 3.63) is 46.4 Å². The van der Waals surface area contributed by atoms with E-state index in [1.54, 1.807) is 11.3 Å². The number of hydrogen-bond donors (Lipinski definition) is 0. The van der Waals surface area contributed by atoms with E-state index in [0.29, 0.717) is 0 Å². The molecule has 0 spiro atoms. The van der Waals surface area contributed by atoms with Gasteiger partial charge in [0.2, 0.25) is 5.91 Å². The van der Waals surface area contributed by atoms with Crippen LogP contribution < -0.4 is 0 Å². The summed E-state index contributed by atoms with van der Waals surface area (Å²) in [5.41, 5.74) is 1.31. The van der Waals surface area contributed by atoms with Crippen LogP contribution in [0.25, 0.3) is 0 Å². The highest BCUT2D eigenvalue weighted by atomic mass is 32.1. The van der Waals surface area contributed by atoms with Crippen LogP contribution in [0.5, 0.6) is 0 Å². The summed E-state index contributed by atoms with van der Waals surface area (Å²) in [5, 5.41) is 2.12. The SMILES string of the molecule is O=C(CO[C@@H]1CN(Cc2cccs2)Cc2cccn2C1)N1CCCC1. The molecule has 5 nitrogen and oxygen atoms in total. The van der Waals surface area contributed by atoms with Gasteiger partial charge in [0.1, 0.15) is 6.61 Å². The Hall–Kier alpha value is -1.63. The maximum atomic E-state index is 12.3. The number of ether oxygens (including phenoxy) is 1. The van der Waals surface area contributed by atoms with E-state index in [1.165, 1.54) is 10.6 Å². The number of carbonyl (C=O) groups is 1. The van der Waals surface area contributed by atoms with Crippen LogP contribution in [0.3, 0.4) is 0 Å². The number of amides is 1. The minimum absolute atomic E-state index is 0.0418. The summed E-state index contributed by atoms with van der Waals surface area (Å²) in [6.45, 7) is 5.50. The number of fused-ring (bicyclic) bond motifs is 1. The lowest BCUT2D eigenvalue weighted by atomic mass is 10.3. The third-order valence-electron chi connectivity index (χ3n) is 5.03. The van der Waals surface area contributed by atoms with Gasteiger partial charge in [-0.15, -0.1) is 11.3 Å². The van der Waals surface area contributed by atoms with Crippen LogP contribution in [0.15, 0.2) is 35.8 Å². The van der Waals surface area contributed by atoms with Crippen LogP contribution in [-0.2, 0) is 29.2 Å². The molecule has 4 heterocycles. The molecule has 1 amide bonds. The first-order valence-corrected chi connectivity index (χ1v) is 9.94. The van der Waals surface area contributed by atoms with E-state index >= 15 is 0 Å². The van der Waals surface area contributed by atoms with Gasteiger partial charge in [-0.25, -0.2) is 0 Å². The summed E-state index contributed by atoms with van der Waals surface area (Å²) in [6, 6.07) is 8.56. The van der Waals surface area contributed by atoms with Gasteiger partial charge in [0.05, 0.1) is 6.10 Å². The summed E-state index contributed by atoms with van der Waals surface area (Å²) in [5.74, 6) is 0.138. The van der Waals surface area contributed by atoms with Crippen LogP contribution >= 0.6 is 11.3 Å². The lowest BCUT2D eigenvalue weighted by Gasteiger charge is -2.24. The number of thiophene rings is 1. The number of aromatic nitrogens is 1. The van der Waals surface area contributed by atoms with Crippen LogP contribution in [0.4, 0.5) is 0 Å². The first-order valence-electron chi connectivity index (χ1n) is 9.06. The van der Waals surface area contributed by atoms with Crippen molar-refractivity contribution in [3.8, 4) is 0 Å². The van der Waals surface area contributed by atoms with Gasteiger partial charge in [0.25, 0.3) is 0 Å². The zero-order valence-corrected chi connectivity index (χ0v) is 15.3. The topological polar surface area (TPSA) is 37.7 Å². The van der Waals surface area contributed by atoms with E-state index in [4.69, 9.17) is 4.74 Å². The number of nitrogens with zero attached hydrogens (tertiary/aromatic N) is 3. The predicted molar refractivity (Wildman–Crippen MR) is 98.4 cm³/mol. The molecule has 0 aliphatic carbocycles. The highest BCUT2D eigenvalue weighted by molar-refractivity contribution is 7.09. The molecule has 4 rings (SSSR count). The van der Waals surface area contributed by atoms with Gasteiger partial charge in [0.15, 0.2) is 0 Å². The Morgan fingerprint density at radius 3 is 2.88 bits per heavy atom. The fraction of sp³-hybridized carbons (Fsp3) is 0.526. The Morgan fingerprint density at radius 1 is 1.20 bits per heavy atom. The second-order valence-corrected chi connectivity index (χ2v) is 7.95. The fourth-order valence-electron chi connectivity index (χ4n) is 3.73. The average Bonchev–Trinajstić information content (AvgIpc) is 3.35. The number of rotatable bonds is 5. The lowest BCUT2D eigenvalue weighted by Crippen LogP contribution is -2.37. The Balaban J connectivity index is 1.40. The standard InChI is InChI=1S/C19H25N3O2S/c23-19(21-7-1-2-8-21)15-24-17-12-20(14-18-6-4-10-25-18)11-16-5-3-9-22(16)13-17/h3-6,9-10,17H,1-2,7-8,11-15H2/t17-/m1/s1. The summed E-state index contributed by atoms with van der Waals surface area (Å²) < 4.78 is 8.33. The van der Waals surface area contributed by atoms with Crippen molar-refractivity contribution in [2.24, 2.45) is 0 Å². The molecule has 0 aromatic carbocycles. The Morgan fingerprint density at radius 2 is 2.08 bits per heavy atom. The molecule has 1 saturated heterocycles. The van der Waals surface area contributed by atoms with Crippen molar-refractivity contribution in [1.29, 1.82) is 0 Å². The normalized spacial score (nSPS) is 21.3. The number of hydrogen-bond acceptors (Lipinski definition) is 4. The van der Waals surface area contributed by atoms with Crippen LogP contribution in [0.1, 0.15) is 23.4 Å². The molecule has 1 atom stereocenters. The largest absolute Gasteiger partial charge is 0.365 e. The number of likely N-dealkylation sites (tertiary alicyclic amines) is 1. The smallest absolute Gasteiger partial charge is 0.248 e. The Labute approximate surface area is 152 Å². The van der Waals surface area contributed by atoms with Crippen molar-refractivity contribution in [1.82, 2.24) is 14.4 Å². The highest BCUT2D eigenvalue weighted by Crippen LogP contribution is 2.20. The van der Waals surface area contributed by atoms with Crippen molar-refractivity contribution >= 4 is 17.2 Å². The van der Waals surface area contributed by atoms with Gasteiger partial charge >= 0.3 is 0 Å². The molecule has 134 valence electrons. The molecular formula is C19H25N3O2S. The minimum Gasteiger partial charge on any atom is -0.365 e. The molecule has 0 N–H and O–H groups in total. The highest BCUT2D eigenvalue weighted by Gasteiger charge is 2.24. The van der Waals surface area contributed by atoms with Gasteiger partial charge < -0.3 is 14.2 Å². The summed E-state index contributed by atoms with van der Waals surface area (Å²) in [6.07, 6.45) is 4.40. The molecule has 2 aromatic rings. The summed E-state index contributed by atoms with van der Waals surface area (Å²) >= 11 is 1.79. The molecule has 2 aromatic heterocycles. The second-order valence-electron chi connectivity index (χ2n) is 6.92. The van der Waals surface area contributed by atoms with Crippen molar-refractivity contribution in [2.75, 3.05) is 26.2 Å². The van der Waals surface area contributed by atoms with E-state index in [-0.39, 0.29) is 18.6 Å². The molecule has 0 saturated carbocycles. The van der Waals surface area contributed by atoms with E-state index in [1.807, 2.05) is 4.90 Å². The second kappa shape index (κ2) is 7.72. The molecule has 2 aliphatic rings. The average molecular weight is 359 g/mol. The molecule has 25 heavy (non-hydrogen) atoms. The molecule has 0 radical (unpaired) electrons. The van der Waals surface area contributed by atoms with Gasteiger partial charge in [-0.3, -0.25) is 9.69 Å². The van der Waals surface area contributed by atoms with Gasteiger partial charge in [-0.05, 0) is 36.4 Å². The van der Waals surface area contributed by atoms with Gasteiger partial charge in [-0.1, -0.05) is 6.07 Å². The zero-order valence-electron chi connectivity index (χ0n) is 14.5.